The van der Waals surface area contributed by atoms with E-state index >= 15 is 0 Å². The number of hydrogen-bond donors (Lipinski definition) is 0. The molecule has 0 aliphatic heterocycles. The Morgan fingerprint density at radius 2 is 1.69 bits per heavy atom. The first-order valence-corrected chi connectivity index (χ1v) is 12.8. The summed E-state index contributed by atoms with van der Waals surface area (Å²) in [7, 11) is -3.70. The Balaban J connectivity index is 2.10. The van der Waals surface area contributed by atoms with E-state index in [0.717, 1.165) is 30.5 Å². The van der Waals surface area contributed by atoms with Gasteiger partial charge < -0.3 is 0 Å². The predicted octanol–water partition coefficient (Wildman–Crippen LogP) is 6.87. The first kappa shape index (κ1) is 22.3. The van der Waals surface area contributed by atoms with Crippen LogP contribution < -0.4 is 0 Å². The lowest BCUT2D eigenvalue weighted by Gasteiger charge is -2.35. The SMILES string of the molecule is CCCCC1=C(C2CCCCC2)C(C)(C)C(C)/C1=N/S(=O)(=O)c1ccc(C)cc1. The number of benzene rings is 1. The lowest BCUT2D eigenvalue weighted by atomic mass is 9.69. The molecule has 2 aliphatic rings. The highest BCUT2D eigenvalue weighted by Crippen LogP contribution is 2.52. The van der Waals surface area contributed by atoms with Crippen LogP contribution >= 0.6 is 0 Å². The van der Waals surface area contributed by atoms with E-state index in [0.29, 0.717) is 10.8 Å². The second-order valence-electron chi connectivity index (χ2n) is 9.54. The number of unbranched alkanes of at least 4 members (excludes halogenated alkanes) is 1. The molecule has 0 spiro atoms. The van der Waals surface area contributed by atoms with Crippen LogP contribution in [0.3, 0.4) is 0 Å². The molecule has 29 heavy (non-hydrogen) atoms. The van der Waals surface area contributed by atoms with E-state index in [4.69, 9.17) is 0 Å². The number of nitrogens with zero attached hydrogens (tertiary/aromatic N) is 1. The Kier molecular flexibility index (Phi) is 6.72. The van der Waals surface area contributed by atoms with Crippen molar-refractivity contribution in [2.45, 2.75) is 90.9 Å². The molecule has 1 aromatic carbocycles. The van der Waals surface area contributed by atoms with Gasteiger partial charge in [0.15, 0.2) is 0 Å². The van der Waals surface area contributed by atoms with Crippen molar-refractivity contribution in [3.8, 4) is 0 Å². The molecule has 2 aliphatic carbocycles. The number of rotatable bonds is 6. The molecular formula is C25H37NO2S. The first-order chi connectivity index (χ1) is 13.7. The lowest BCUT2D eigenvalue weighted by Crippen LogP contribution is -2.27. The van der Waals surface area contributed by atoms with Gasteiger partial charge in [-0.3, -0.25) is 0 Å². The summed E-state index contributed by atoms with van der Waals surface area (Å²) in [6, 6.07) is 7.04. The smallest absolute Gasteiger partial charge is 0.199 e. The molecule has 4 heteroatoms. The molecule has 1 aromatic rings. The predicted molar refractivity (Wildman–Crippen MR) is 122 cm³/mol. The van der Waals surface area contributed by atoms with E-state index in [1.165, 1.54) is 43.3 Å². The van der Waals surface area contributed by atoms with Crippen molar-refractivity contribution in [1.82, 2.24) is 0 Å². The van der Waals surface area contributed by atoms with Gasteiger partial charge in [-0.15, -0.1) is 0 Å². The minimum atomic E-state index is -3.70. The maximum Gasteiger partial charge on any atom is 0.282 e. The molecule has 1 saturated carbocycles. The number of allylic oxidation sites excluding steroid dienone is 2. The summed E-state index contributed by atoms with van der Waals surface area (Å²) in [4.78, 5) is 0.293. The van der Waals surface area contributed by atoms with E-state index < -0.39 is 10.0 Å². The molecule has 1 unspecified atom stereocenters. The van der Waals surface area contributed by atoms with Crippen LogP contribution in [-0.2, 0) is 10.0 Å². The van der Waals surface area contributed by atoms with Gasteiger partial charge in [0.05, 0.1) is 10.6 Å². The molecule has 0 heterocycles. The first-order valence-electron chi connectivity index (χ1n) is 11.3. The van der Waals surface area contributed by atoms with Gasteiger partial charge in [-0.1, -0.05) is 76.6 Å². The van der Waals surface area contributed by atoms with Crippen molar-refractivity contribution in [1.29, 1.82) is 0 Å². The molecular weight excluding hydrogens is 378 g/mol. The summed E-state index contributed by atoms with van der Waals surface area (Å²) in [6.45, 7) is 10.9. The minimum absolute atomic E-state index is 0.0350. The molecule has 3 nitrogen and oxygen atoms in total. The van der Waals surface area contributed by atoms with Crippen LogP contribution in [0.1, 0.15) is 84.6 Å². The van der Waals surface area contributed by atoms with Crippen molar-refractivity contribution >= 4 is 15.7 Å². The van der Waals surface area contributed by atoms with Crippen LogP contribution in [0.4, 0.5) is 0 Å². The maximum absolute atomic E-state index is 13.1. The highest BCUT2D eigenvalue weighted by atomic mass is 32.2. The second kappa shape index (κ2) is 8.75. The summed E-state index contributed by atoms with van der Waals surface area (Å²) in [6.07, 6.45) is 9.50. The van der Waals surface area contributed by atoms with E-state index in [-0.39, 0.29) is 11.3 Å². The van der Waals surface area contributed by atoms with Crippen LogP contribution in [0.15, 0.2) is 44.7 Å². The third-order valence-electron chi connectivity index (χ3n) is 7.15. The van der Waals surface area contributed by atoms with Gasteiger partial charge in [-0.05, 0) is 61.6 Å². The Hall–Kier alpha value is -1.42. The Morgan fingerprint density at radius 1 is 1.07 bits per heavy atom. The van der Waals surface area contributed by atoms with Gasteiger partial charge in [-0.2, -0.15) is 12.8 Å². The Bertz CT molecular complexity index is 885. The van der Waals surface area contributed by atoms with Crippen LogP contribution in [0.25, 0.3) is 0 Å². The molecule has 1 atom stereocenters. The number of sulfonamides is 1. The van der Waals surface area contributed by atoms with Crippen molar-refractivity contribution < 1.29 is 8.42 Å². The zero-order chi connectivity index (χ0) is 21.2. The largest absolute Gasteiger partial charge is 0.282 e. The molecule has 0 amide bonds. The van der Waals surface area contributed by atoms with Gasteiger partial charge >= 0.3 is 0 Å². The molecule has 3 rings (SSSR count). The molecule has 0 radical (unpaired) electrons. The fourth-order valence-corrected chi connectivity index (χ4v) is 6.28. The van der Waals surface area contributed by atoms with Crippen molar-refractivity contribution in [2.75, 3.05) is 0 Å². The van der Waals surface area contributed by atoms with Crippen molar-refractivity contribution in [3.05, 3.63) is 41.0 Å². The van der Waals surface area contributed by atoms with Crippen molar-refractivity contribution in [2.24, 2.45) is 21.6 Å². The van der Waals surface area contributed by atoms with Gasteiger partial charge in [-0.25, -0.2) is 0 Å². The zero-order valence-electron chi connectivity index (χ0n) is 18.8. The molecule has 0 saturated heterocycles. The molecule has 0 N–H and O–H groups in total. The average molecular weight is 416 g/mol. The molecule has 0 bridgehead atoms. The second-order valence-corrected chi connectivity index (χ2v) is 11.1. The van der Waals surface area contributed by atoms with Gasteiger partial charge in [0, 0.05) is 5.92 Å². The van der Waals surface area contributed by atoms with Crippen LogP contribution in [-0.4, -0.2) is 14.1 Å². The van der Waals surface area contributed by atoms with Crippen LogP contribution in [0.5, 0.6) is 0 Å². The highest BCUT2D eigenvalue weighted by Gasteiger charge is 2.46. The summed E-state index contributed by atoms with van der Waals surface area (Å²) in [5.41, 5.74) is 4.61. The summed E-state index contributed by atoms with van der Waals surface area (Å²) < 4.78 is 30.8. The number of aryl methyl sites for hydroxylation is 1. The monoisotopic (exact) mass is 415 g/mol. The summed E-state index contributed by atoms with van der Waals surface area (Å²) in [5.74, 6) is 0.703. The van der Waals surface area contributed by atoms with Crippen LogP contribution in [0.2, 0.25) is 0 Å². The third kappa shape index (κ3) is 4.52. The quantitative estimate of drug-likeness (QED) is 0.509. The summed E-state index contributed by atoms with van der Waals surface area (Å²) in [5, 5.41) is 0. The normalized spacial score (nSPS) is 24.4. The Labute approximate surface area is 177 Å². The Morgan fingerprint density at radius 3 is 2.28 bits per heavy atom. The lowest BCUT2D eigenvalue weighted by molar-refractivity contribution is 0.294. The van der Waals surface area contributed by atoms with Gasteiger partial charge in [0.1, 0.15) is 0 Å². The minimum Gasteiger partial charge on any atom is -0.199 e. The number of hydrogen-bond acceptors (Lipinski definition) is 2. The third-order valence-corrected chi connectivity index (χ3v) is 8.46. The van der Waals surface area contributed by atoms with E-state index in [1.807, 2.05) is 19.1 Å². The van der Waals surface area contributed by atoms with Gasteiger partial charge in [0.2, 0.25) is 0 Å². The molecule has 160 valence electrons. The topological polar surface area (TPSA) is 46.5 Å². The van der Waals surface area contributed by atoms with Gasteiger partial charge in [0.25, 0.3) is 10.0 Å². The highest BCUT2D eigenvalue weighted by molar-refractivity contribution is 7.90. The summed E-state index contributed by atoms with van der Waals surface area (Å²) >= 11 is 0. The van der Waals surface area contributed by atoms with Crippen molar-refractivity contribution in [3.63, 3.8) is 0 Å². The van der Waals surface area contributed by atoms with E-state index in [1.54, 1.807) is 12.1 Å². The fourth-order valence-electron chi connectivity index (χ4n) is 5.17. The molecule has 0 aromatic heterocycles. The standard InChI is InChI=1S/C25H37NO2S/c1-6-7-13-22-23(20-11-9-8-10-12-20)25(4,5)19(3)24(22)26-29(27,28)21-16-14-18(2)15-17-21/h14-17,19-20H,6-13H2,1-5H3/b26-24-. The molecule has 1 fully saturated rings. The van der Waals surface area contributed by atoms with E-state index in [2.05, 4.69) is 32.1 Å². The average Bonchev–Trinajstić information content (AvgIpc) is 2.87. The zero-order valence-corrected chi connectivity index (χ0v) is 19.6. The fraction of sp³-hybridized carbons (Fsp3) is 0.640. The van der Waals surface area contributed by atoms with Crippen LogP contribution in [0, 0.1) is 24.2 Å². The maximum atomic E-state index is 13.1. The van der Waals surface area contributed by atoms with E-state index in [9.17, 15) is 8.42 Å².